The number of hydrogen-bond acceptors (Lipinski definition) is 3. The average molecular weight is 292 g/mol. The SMILES string of the molecule is CCc1nc2cccc(C(=O)O)c2n1CCCCSC. The van der Waals surface area contributed by atoms with Crippen molar-refractivity contribution >= 4 is 28.8 Å². The molecule has 2 aromatic rings. The van der Waals surface area contributed by atoms with Gasteiger partial charge in [-0.25, -0.2) is 9.78 Å². The Kier molecular flexibility index (Phi) is 5.06. The first kappa shape index (κ1) is 14.9. The molecular formula is C15H20N2O2S. The van der Waals surface area contributed by atoms with Crippen molar-refractivity contribution in [2.75, 3.05) is 12.0 Å². The lowest BCUT2D eigenvalue weighted by atomic mass is 10.2. The zero-order chi connectivity index (χ0) is 14.5. The molecule has 0 amide bonds. The second kappa shape index (κ2) is 6.79. The summed E-state index contributed by atoms with van der Waals surface area (Å²) in [5.74, 6) is 1.22. The zero-order valence-electron chi connectivity index (χ0n) is 11.9. The van der Waals surface area contributed by atoms with Crippen molar-refractivity contribution in [3.63, 3.8) is 0 Å². The number of benzene rings is 1. The van der Waals surface area contributed by atoms with E-state index in [9.17, 15) is 9.90 Å². The van der Waals surface area contributed by atoms with Gasteiger partial charge >= 0.3 is 5.97 Å². The highest BCUT2D eigenvalue weighted by Crippen LogP contribution is 2.22. The van der Waals surface area contributed by atoms with Gasteiger partial charge in [0.25, 0.3) is 0 Å². The number of aromatic carboxylic acids is 1. The fourth-order valence-electron chi connectivity index (χ4n) is 2.43. The highest BCUT2D eigenvalue weighted by Gasteiger charge is 2.16. The third-order valence-corrected chi connectivity index (χ3v) is 4.07. The highest BCUT2D eigenvalue weighted by atomic mass is 32.2. The maximum atomic E-state index is 11.4. The van der Waals surface area contributed by atoms with Crippen molar-refractivity contribution in [3.8, 4) is 0 Å². The van der Waals surface area contributed by atoms with E-state index in [1.54, 1.807) is 12.1 Å². The summed E-state index contributed by atoms with van der Waals surface area (Å²) >= 11 is 1.84. The lowest BCUT2D eigenvalue weighted by Crippen LogP contribution is -2.07. The van der Waals surface area contributed by atoms with Crippen molar-refractivity contribution in [3.05, 3.63) is 29.6 Å². The van der Waals surface area contributed by atoms with Gasteiger partial charge in [-0.3, -0.25) is 0 Å². The van der Waals surface area contributed by atoms with Gasteiger partial charge in [0.05, 0.1) is 16.6 Å². The van der Waals surface area contributed by atoms with Crippen LogP contribution in [-0.2, 0) is 13.0 Å². The third-order valence-electron chi connectivity index (χ3n) is 3.37. The summed E-state index contributed by atoms with van der Waals surface area (Å²) in [6.07, 6.45) is 5.11. The molecule has 0 atom stereocenters. The molecule has 0 bridgehead atoms. The van der Waals surface area contributed by atoms with Crippen LogP contribution in [0.4, 0.5) is 0 Å². The molecule has 1 aromatic heterocycles. The Bertz CT molecular complexity index is 607. The summed E-state index contributed by atoms with van der Waals surface area (Å²) in [4.78, 5) is 16.0. The van der Waals surface area contributed by atoms with Crippen LogP contribution in [0.5, 0.6) is 0 Å². The Hall–Kier alpha value is -1.49. The van der Waals surface area contributed by atoms with Gasteiger partial charge in [-0.15, -0.1) is 0 Å². The van der Waals surface area contributed by atoms with Crippen molar-refractivity contribution in [1.82, 2.24) is 9.55 Å². The number of nitrogens with zero attached hydrogens (tertiary/aromatic N) is 2. The number of unbranched alkanes of at least 4 members (excludes halogenated alkanes) is 1. The van der Waals surface area contributed by atoms with Crippen molar-refractivity contribution in [1.29, 1.82) is 0 Å². The molecular weight excluding hydrogens is 272 g/mol. The van der Waals surface area contributed by atoms with Crippen LogP contribution in [0.1, 0.15) is 35.9 Å². The Labute approximate surface area is 123 Å². The van der Waals surface area contributed by atoms with E-state index in [1.807, 2.05) is 17.8 Å². The predicted molar refractivity (Wildman–Crippen MR) is 83.7 cm³/mol. The normalized spacial score (nSPS) is 11.1. The van der Waals surface area contributed by atoms with Crippen molar-refractivity contribution in [2.24, 2.45) is 0 Å². The molecule has 0 saturated heterocycles. The quantitative estimate of drug-likeness (QED) is 0.794. The molecule has 0 spiro atoms. The number of carboxylic acid groups (broad SMARTS) is 1. The standard InChI is InChI=1S/C15H20N2O2S/c1-3-13-16-12-8-6-7-11(15(18)19)14(12)17(13)9-4-5-10-20-2/h6-8H,3-5,9-10H2,1-2H3,(H,18,19). The van der Waals surface area contributed by atoms with E-state index in [1.165, 1.54) is 0 Å². The molecule has 0 radical (unpaired) electrons. The third kappa shape index (κ3) is 2.98. The van der Waals surface area contributed by atoms with Crippen LogP contribution in [0.25, 0.3) is 11.0 Å². The van der Waals surface area contributed by atoms with E-state index >= 15 is 0 Å². The fraction of sp³-hybridized carbons (Fsp3) is 0.467. The molecule has 0 fully saturated rings. The number of hydrogen-bond donors (Lipinski definition) is 1. The summed E-state index contributed by atoms with van der Waals surface area (Å²) in [6, 6.07) is 5.31. The molecule has 1 N–H and O–H groups in total. The topological polar surface area (TPSA) is 55.1 Å². The molecule has 0 aliphatic carbocycles. The minimum atomic E-state index is -0.886. The van der Waals surface area contributed by atoms with Crippen LogP contribution in [0.15, 0.2) is 18.2 Å². The second-order valence-electron chi connectivity index (χ2n) is 4.71. The summed E-state index contributed by atoms with van der Waals surface area (Å²) in [5, 5.41) is 9.35. The Morgan fingerprint density at radius 1 is 1.40 bits per heavy atom. The van der Waals surface area contributed by atoms with Crippen LogP contribution >= 0.6 is 11.8 Å². The van der Waals surface area contributed by atoms with E-state index in [2.05, 4.69) is 22.7 Å². The number of aromatic nitrogens is 2. The smallest absolute Gasteiger partial charge is 0.337 e. The number of thioether (sulfide) groups is 1. The monoisotopic (exact) mass is 292 g/mol. The molecule has 0 saturated carbocycles. The lowest BCUT2D eigenvalue weighted by molar-refractivity contribution is 0.0698. The van der Waals surface area contributed by atoms with Crippen molar-refractivity contribution < 1.29 is 9.90 Å². The lowest BCUT2D eigenvalue weighted by Gasteiger charge is -2.09. The first-order valence-electron chi connectivity index (χ1n) is 6.89. The minimum Gasteiger partial charge on any atom is -0.478 e. The summed E-state index contributed by atoms with van der Waals surface area (Å²) in [5.41, 5.74) is 1.90. The summed E-state index contributed by atoms with van der Waals surface area (Å²) in [7, 11) is 0. The predicted octanol–water partition coefficient (Wildman–Crippen LogP) is 3.44. The van der Waals surface area contributed by atoms with Gasteiger partial charge in [-0.1, -0.05) is 13.0 Å². The van der Waals surface area contributed by atoms with E-state index in [-0.39, 0.29) is 0 Å². The number of carboxylic acids is 1. The van der Waals surface area contributed by atoms with Crippen LogP contribution in [0, 0.1) is 0 Å². The maximum Gasteiger partial charge on any atom is 0.337 e. The molecule has 20 heavy (non-hydrogen) atoms. The van der Waals surface area contributed by atoms with E-state index in [4.69, 9.17) is 0 Å². The minimum absolute atomic E-state index is 0.347. The number of aryl methyl sites for hydroxylation is 2. The molecule has 4 nitrogen and oxygen atoms in total. The summed E-state index contributed by atoms with van der Waals surface area (Å²) in [6.45, 7) is 2.89. The van der Waals surface area contributed by atoms with Crippen LogP contribution in [-0.4, -0.2) is 32.6 Å². The molecule has 2 rings (SSSR count). The number of rotatable bonds is 7. The first-order valence-corrected chi connectivity index (χ1v) is 8.28. The van der Waals surface area contributed by atoms with E-state index in [0.29, 0.717) is 5.56 Å². The van der Waals surface area contributed by atoms with E-state index < -0.39 is 5.97 Å². The van der Waals surface area contributed by atoms with Gasteiger partial charge in [0, 0.05) is 13.0 Å². The van der Waals surface area contributed by atoms with Gasteiger partial charge in [0.2, 0.25) is 0 Å². The zero-order valence-corrected chi connectivity index (χ0v) is 12.7. The van der Waals surface area contributed by atoms with Gasteiger partial charge in [-0.2, -0.15) is 11.8 Å². The number of carbonyl (C=O) groups is 1. The number of imidazole rings is 1. The van der Waals surface area contributed by atoms with Gasteiger partial charge in [0.1, 0.15) is 5.82 Å². The molecule has 108 valence electrons. The Morgan fingerprint density at radius 3 is 2.85 bits per heavy atom. The number of fused-ring (bicyclic) bond motifs is 1. The van der Waals surface area contributed by atoms with Crippen molar-refractivity contribution in [2.45, 2.75) is 32.7 Å². The molecule has 0 aliphatic rings. The molecule has 1 aromatic carbocycles. The van der Waals surface area contributed by atoms with Gasteiger partial charge < -0.3 is 9.67 Å². The van der Waals surface area contributed by atoms with Gasteiger partial charge in [0.15, 0.2) is 0 Å². The van der Waals surface area contributed by atoms with Gasteiger partial charge in [-0.05, 0) is 37.0 Å². The number of para-hydroxylation sites is 1. The molecule has 0 unspecified atom stereocenters. The average Bonchev–Trinajstić information content (AvgIpc) is 2.81. The maximum absolute atomic E-state index is 11.4. The molecule has 5 heteroatoms. The Morgan fingerprint density at radius 2 is 2.20 bits per heavy atom. The fourth-order valence-corrected chi connectivity index (χ4v) is 2.93. The Balaban J connectivity index is 2.41. The summed E-state index contributed by atoms with van der Waals surface area (Å²) < 4.78 is 2.08. The van der Waals surface area contributed by atoms with E-state index in [0.717, 1.165) is 48.4 Å². The largest absolute Gasteiger partial charge is 0.478 e. The van der Waals surface area contributed by atoms with Crippen LogP contribution in [0.2, 0.25) is 0 Å². The highest BCUT2D eigenvalue weighted by molar-refractivity contribution is 7.98. The van der Waals surface area contributed by atoms with Crippen LogP contribution < -0.4 is 0 Å². The molecule has 1 heterocycles. The second-order valence-corrected chi connectivity index (χ2v) is 5.70. The van der Waals surface area contributed by atoms with Crippen LogP contribution in [0.3, 0.4) is 0 Å². The molecule has 0 aliphatic heterocycles. The first-order chi connectivity index (χ1) is 9.69.